The van der Waals surface area contributed by atoms with E-state index in [1.807, 2.05) is 26.0 Å². The standard InChI is InChI=1S/C40H49ClF3N5O8S/c1-23(2)21-56-36(53)46-29-10-8-6-4-5-7-9-24-13-16-39(24,35(52)48-58(54,55)37(3)17-18-37)47-33(50)30-20-38(22-49(30)34(29)51)15-14-26-27-19-25(41)11-12-28(27)45-32(31(26)57-38)40(42,43)44/h7,9,11-12,19,23-24,29-30H,4-6,8,10,13-18,20-22H2,1-3H3,(H,46,53)(H,47,50)(H,48,52)/b9-7-/t24-,29+,30+,38-,39-/m1/s1. The number of halogens is 4. The van der Waals surface area contributed by atoms with Gasteiger partial charge in [-0.25, -0.2) is 18.2 Å². The van der Waals surface area contributed by atoms with Gasteiger partial charge in [0.1, 0.15) is 23.2 Å². The van der Waals surface area contributed by atoms with Crippen molar-refractivity contribution in [1.29, 1.82) is 0 Å². The van der Waals surface area contributed by atoms with Crippen molar-refractivity contribution in [3.8, 4) is 5.75 Å². The molecule has 0 radical (unpaired) electrons. The molecule has 0 unspecified atom stereocenters. The molecular weight excluding hydrogens is 803 g/mol. The Labute approximate surface area is 340 Å². The Morgan fingerprint density at radius 3 is 2.55 bits per heavy atom. The van der Waals surface area contributed by atoms with Gasteiger partial charge in [-0.2, -0.15) is 13.2 Å². The number of pyridine rings is 1. The second kappa shape index (κ2) is 15.5. The Hall–Kier alpha value is -4.12. The molecular formula is C40H49ClF3N5O8S. The molecule has 1 aromatic heterocycles. The lowest BCUT2D eigenvalue weighted by molar-refractivity contribution is -0.145. The van der Waals surface area contributed by atoms with Crippen LogP contribution in [0.3, 0.4) is 0 Å². The van der Waals surface area contributed by atoms with Crippen molar-refractivity contribution in [2.45, 2.75) is 132 Å². The van der Waals surface area contributed by atoms with Crippen LogP contribution in [0.2, 0.25) is 5.02 Å². The number of allylic oxidation sites excluding steroid dienone is 1. The Kier molecular flexibility index (Phi) is 11.2. The number of rotatable bonds is 6. The van der Waals surface area contributed by atoms with Gasteiger partial charge in [-0.05, 0) is 88.8 Å². The predicted octanol–water partition coefficient (Wildman–Crippen LogP) is 6.11. The van der Waals surface area contributed by atoms with Crippen molar-refractivity contribution >= 4 is 56.3 Å². The molecule has 13 nitrogen and oxygen atoms in total. The molecule has 1 spiro atoms. The van der Waals surface area contributed by atoms with E-state index in [-0.39, 0.29) is 67.3 Å². The van der Waals surface area contributed by atoms with E-state index < -0.39 is 85.3 Å². The predicted molar refractivity (Wildman–Crippen MR) is 207 cm³/mol. The van der Waals surface area contributed by atoms with Crippen LogP contribution in [0, 0.1) is 11.8 Å². The largest absolute Gasteiger partial charge is 0.483 e. The number of carbonyl (C=O) groups is 4. The summed E-state index contributed by atoms with van der Waals surface area (Å²) in [6.07, 6.45) is 1.83. The first-order valence-electron chi connectivity index (χ1n) is 19.9. The number of benzene rings is 1. The second-order valence-corrected chi connectivity index (χ2v) is 19.8. The summed E-state index contributed by atoms with van der Waals surface area (Å²) in [6, 6.07) is 1.81. The number of alkyl halides is 3. The summed E-state index contributed by atoms with van der Waals surface area (Å²) in [6.45, 7) is 5.00. The minimum Gasteiger partial charge on any atom is -0.483 e. The van der Waals surface area contributed by atoms with E-state index in [4.69, 9.17) is 21.1 Å². The zero-order valence-electron chi connectivity index (χ0n) is 32.7. The Morgan fingerprint density at radius 1 is 1.12 bits per heavy atom. The molecule has 316 valence electrons. The van der Waals surface area contributed by atoms with Crippen LogP contribution in [-0.4, -0.2) is 83.2 Å². The number of carbonyl (C=O) groups excluding carboxylic acids is 4. The summed E-state index contributed by atoms with van der Waals surface area (Å²) in [5, 5.41) is 6.18. The van der Waals surface area contributed by atoms with Crippen molar-refractivity contribution in [2.24, 2.45) is 11.8 Å². The fourth-order valence-corrected chi connectivity index (χ4v) is 9.98. The van der Waals surface area contributed by atoms with Crippen LogP contribution in [0.5, 0.6) is 5.75 Å². The molecule has 5 atom stereocenters. The molecule has 18 heteroatoms. The quantitative estimate of drug-likeness (QED) is 0.290. The minimum absolute atomic E-state index is 0.00600. The van der Waals surface area contributed by atoms with E-state index in [0.717, 1.165) is 0 Å². The molecule has 5 aliphatic rings. The van der Waals surface area contributed by atoms with Crippen LogP contribution in [0.4, 0.5) is 18.0 Å². The van der Waals surface area contributed by atoms with Gasteiger partial charge in [0.2, 0.25) is 21.8 Å². The Morgan fingerprint density at radius 2 is 1.88 bits per heavy atom. The van der Waals surface area contributed by atoms with Gasteiger partial charge in [-0.3, -0.25) is 19.1 Å². The van der Waals surface area contributed by atoms with Gasteiger partial charge in [0, 0.05) is 28.3 Å². The Balaban J connectivity index is 1.27. The first-order chi connectivity index (χ1) is 27.3. The molecule has 58 heavy (non-hydrogen) atoms. The third-order valence-corrected chi connectivity index (χ3v) is 14.7. The number of amides is 4. The van der Waals surface area contributed by atoms with Crippen LogP contribution < -0.4 is 20.1 Å². The molecule has 2 aromatic rings. The van der Waals surface area contributed by atoms with Crippen molar-refractivity contribution in [1.82, 2.24) is 25.2 Å². The molecule has 4 heterocycles. The molecule has 7 rings (SSSR count). The first kappa shape index (κ1) is 42.0. The minimum atomic E-state index is -4.93. The average Bonchev–Trinajstić information content (AvgIpc) is 3.81. The van der Waals surface area contributed by atoms with Crippen LogP contribution in [-0.2, 0) is 41.7 Å². The van der Waals surface area contributed by atoms with E-state index in [2.05, 4.69) is 20.3 Å². The van der Waals surface area contributed by atoms with Gasteiger partial charge in [0.25, 0.3) is 5.91 Å². The smallest absolute Gasteiger partial charge is 0.437 e. The number of hydrogen-bond donors (Lipinski definition) is 3. The summed E-state index contributed by atoms with van der Waals surface area (Å²) < 4.78 is 83.5. The second-order valence-electron chi connectivity index (χ2n) is 17.1. The summed E-state index contributed by atoms with van der Waals surface area (Å²) in [5.41, 5.74) is -4.16. The molecule has 3 N–H and O–H groups in total. The van der Waals surface area contributed by atoms with E-state index in [9.17, 15) is 40.8 Å². The lowest BCUT2D eigenvalue weighted by Gasteiger charge is -2.48. The van der Waals surface area contributed by atoms with Gasteiger partial charge in [-0.15, -0.1) is 0 Å². The number of aryl methyl sites for hydroxylation is 1. The molecule has 0 bridgehead atoms. The van der Waals surface area contributed by atoms with Crippen molar-refractivity contribution in [3.63, 3.8) is 0 Å². The third kappa shape index (κ3) is 8.09. The maximum Gasteiger partial charge on any atom is 0.437 e. The number of fused-ring (bicyclic) bond motifs is 5. The van der Waals surface area contributed by atoms with Gasteiger partial charge in [0.05, 0.1) is 23.4 Å². The van der Waals surface area contributed by atoms with Crippen molar-refractivity contribution in [3.05, 3.63) is 46.6 Å². The van der Waals surface area contributed by atoms with E-state index in [0.29, 0.717) is 50.3 Å². The SMILES string of the molecule is CC(C)COC(=O)N[C@H]1CCCCC/C=C\[C@@H]2CC[C@@]2(C(=O)NS(=O)(=O)C2(C)CC2)NC(=O)[C@@H]2C[C@]3(CCc4c(c(C(F)(F)F)nc5ccc(Cl)cc45)O3)CN2C1=O. The van der Waals surface area contributed by atoms with Crippen LogP contribution in [0.15, 0.2) is 30.4 Å². The maximum atomic E-state index is 14.7. The number of sulfonamides is 1. The first-order valence-corrected chi connectivity index (χ1v) is 21.8. The zero-order chi connectivity index (χ0) is 41.8. The van der Waals surface area contributed by atoms with Gasteiger partial charge < -0.3 is 25.0 Å². The molecule has 2 aliphatic carbocycles. The average molecular weight is 852 g/mol. The van der Waals surface area contributed by atoms with Gasteiger partial charge >= 0.3 is 12.3 Å². The summed E-state index contributed by atoms with van der Waals surface area (Å²) in [7, 11) is -4.10. The number of ether oxygens (including phenoxy) is 2. The topological polar surface area (TPSA) is 173 Å². The summed E-state index contributed by atoms with van der Waals surface area (Å²) in [5.74, 6) is -3.47. The number of nitrogens with zero attached hydrogens (tertiary/aromatic N) is 2. The van der Waals surface area contributed by atoms with Crippen LogP contribution >= 0.6 is 11.6 Å². The number of hydrogen-bond acceptors (Lipinski definition) is 9. The van der Waals surface area contributed by atoms with E-state index in [1.165, 1.54) is 30.0 Å². The monoisotopic (exact) mass is 851 g/mol. The molecule has 3 aliphatic heterocycles. The number of nitrogens with one attached hydrogen (secondary N) is 3. The molecule has 1 saturated heterocycles. The molecule has 1 aromatic carbocycles. The van der Waals surface area contributed by atoms with E-state index in [1.54, 1.807) is 0 Å². The number of alkyl carbamates (subject to hydrolysis) is 1. The lowest BCUT2D eigenvalue weighted by atomic mass is 9.65. The molecule has 4 amide bonds. The van der Waals surface area contributed by atoms with E-state index >= 15 is 0 Å². The van der Waals surface area contributed by atoms with Crippen LogP contribution in [0.25, 0.3) is 10.9 Å². The summed E-state index contributed by atoms with van der Waals surface area (Å²) >= 11 is 6.26. The van der Waals surface area contributed by atoms with Gasteiger partial charge in [0.15, 0.2) is 11.4 Å². The third-order valence-electron chi connectivity index (χ3n) is 12.3. The van der Waals surface area contributed by atoms with Crippen LogP contribution in [0.1, 0.15) is 103 Å². The fraction of sp³-hybridized carbons (Fsp3) is 0.625. The highest BCUT2D eigenvalue weighted by molar-refractivity contribution is 7.91. The highest BCUT2D eigenvalue weighted by Gasteiger charge is 2.60. The summed E-state index contributed by atoms with van der Waals surface area (Å²) in [4.78, 5) is 61.7. The lowest BCUT2D eigenvalue weighted by Crippen LogP contribution is -2.70. The highest BCUT2D eigenvalue weighted by Crippen LogP contribution is 2.49. The fourth-order valence-electron chi connectivity index (χ4n) is 8.49. The normalized spacial score (nSPS) is 29.1. The highest BCUT2D eigenvalue weighted by atomic mass is 35.5. The van der Waals surface area contributed by atoms with Crippen molar-refractivity contribution < 1.29 is 50.2 Å². The number of aromatic nitrogens is 1. The van der Waals surface area contributed by atoms with Crippen molar-refractivity contribution in [2.75, 3.05) is 13.2 Å². The molecule has 2 saturated carbocycles. The van der Waals surface area contributed by atoms with Gasteiger partial charge in [-0.1, -0.05) is 50.4 Å². The zero-order valence-corrected chi connectivity index (χ0v) is 34.2. The maximum absolute atomic E-state index is 14.7. The Bertz CT molecular complexity index is 2150. The molecule has 3 fully saturated rings.